The van der Waals surface area contributed by atoms with Crippen molar-refractivity contribution in [3.63, 3.8) is 0 Å². The third-order valence-electron chi connectivity index (χ3n) is 5.43. The number of piperazine rings is 1. The molecule has 0 bridgehead atoms. The summed E-state index contributed by atoms with van der Waals surface area (Å²) >= 11 is 0. The van der Waals surface area contributed by atoms with Gasteiger partial charge in [0.25, 0.3) is 0 Å². The van der Waals surface area contributed by atoms with Crippen molar-refractivity contribution in [1.82, 2.24) is 15.1 Å². The lowest BCUT2D eigenvalue weighted by Crippen LogP contribution is -2.63. The van der Waals surface area contributed by atoms with Gasteiger partial charge in [0.05, 0.1) is 6.04 Å². The second-order valence-electron chi connectivity index (χ2n) is 7.12. The van der Waals surface area contributed by atoms with Gasteiger partial charge in [-0.3, -0.25) is 9.69 Å². The maximum atomic E-state index is 12.8. The van der Waals surface area contributed by atoms with Crippen LogP contribution in [0.25, 0.3) is 0 Å². The van der Waals surface area contributed by atoms with Crippen LogP contribution in [0.1, 0.15) is 46.0 Å². The predicted molar refractivity (Wildman–Crippen MR) is 80.6 cm³/mol. The second kappa shape index (κ2) is 6.02. The van der Waals surface area contributed by atoms with Crippen molar-refractivity contribution in [2.24, 2.45) is 5.92 Å². The van der Waals surface area contributed by atoms with Crippen molar-refractivity contribution in [3.05, 3.63) is 0 Å². The van der Waals surface area contributed by atoms with E-state index in [4.69, 9.17) is 0 Å². The summed E-state index contributed by atoms with van der Waals surface area (Å²) in [5, 5.41) is 3.43. The lowest BCUT2D eigenvalue weighted by molar-refractivity contribution is -0.141. The Morgan fingerprint density at radius 2 is 2.00 bits per heavy atom. The second-order valence-corrected chi connectivity index (χ2v) is 7.12. The van der Waals surface area contributed by atoms with Crippen LogP contribution in [0.4, 0.5) is 0 Å². The largest absolute Gasteiger partial charge is 0.336 e. The van der Waals surface area contributed by atoms with E-state index in [1.165, 1.54) is 32.2 Å². The van der Waals surface area contributed by atoms with Crippen LogP contribution < -0.4 is 5.32 Å². The number of carbonyl (C=O) groups excluding carboxylic acids is 1. The Bertz CT molecular complexity index is 360. The molecule has 4 nitrogen and oxygen atoms in total. The molecular formula is C16H29N3O. The first-order chi connectivity index (χ1) is 9.65. The highest BCUT2D eigenvalue weighted by molar-refractivity contribution is 5.82. The lowest BCUT2D eigenvalue weighted by Gasteiger charge is -2.48. The van der Waals surface area contributed by atoms with E-state index in [1.807, 2.05) is 0 Å². The highest BCUT2D eigenvalue weighted by Gasteiger charge is 2.38. The van der Waals surface area contributed by atoms with Crippen molar-refractivity contribution in [3.8, 4) is 0 Å². The van der Waals surface area contributed by atoms with E-state index in [0.29, 0.717) is 23.9 Å². The Labute approximate surface area is 122 Å². The predicted octanol–water partition coefficient (Wildman–Crippen LogP) is 1.46. The van der Waals surface area contributed by atoms with Gasteiger partial charge in [-0.15, -0.1) is 0 Å². The first-order valence-electron chi connectivity index (χ1n) is 8.43. The van der Waals surface area contributed by atoms with Crippen molar-refractivity contribution < 1.29 is 4.79 Å². The van der Waals surface area contributed by atoms with E-state index in [1.54, 1.807) is 0 Å². The quantitative estimate of drug-likeness (QED) is 0.789. The molecule has 4 unspecified atom stereocenters. The van der Waals surface area contributed by atoms with Crippen molar-refractivity contribution in [2.45, 2.75) is 64.1 Å². The molecule has 3 rings (SSSR count). The fourth-order valence-electron chi connectivity index (χ4n) is 4.16. The summed E-state index contributed by atoms with van der Waals surface area (Å²) in [7, 11) is 0. The molecule has 3 aliphatic heterocycles. The number of rotatable bonds is 1. The maximum absolute atomic E-state index is 12.8. The third-order valence-corrected chi connectivity index (χ3v) is 5.43. The summed E-state index contributed by atoms with van der Waals surface area (Å²) in [6.45, 7) is 8.73. The van der Waals surface area contributed by atoms with Gasteiger partial charge < -0.3 is 10.2 Å². The van der Waals surface area contributed by atoms with Gasteiger partial charge in [0.1, 0.15) is 0 Å². The third kappa shape index (κ3) is 2.86. The molecule has 3 fully saturated rings. The van der Waals surface area contributed by atoms with Gasteiger partial charge in [-0.1, -0.05) is 13.3 Å². The van der Waals surface area contributed by atoms with E-state index in [9.17, 15) is 4.79 Å². The minimum Gasteiger partial charge on any atom is -0.336 e. The molecule has 0 spiro atoms. The molecule has 4 atom stereocenters. The molecule has 3 saturated heterocycles. The number of piperidine rings is 2. The van der Waals surface area contributed by atoms with Gasteiger partial charge in [0.15, 0.2) is 0 Å². The number of hydrogen-bond acceptors (Lipinski definition) is 3. The minimum absolute atomic E-state index is 0.0661. The van der Waals surface area contributed by atoms with E-state index < -0.39 is 0 Å². The minimum atomic E-state index is 0.0661. The SMILES string of the molecule is CC1CCNC(C(=O)N2CC3CCCCN3CC2C)C1. The molecule has 0 aromatic heterocycles. The zero-order valence-electron chi connectivity index (χ0n) is 13.0. The Kier molecular flexibility index (Phi) is 4.32. The van der Waals surface area contributed by atoms with Crippen LogP contribution in [-0.4, -0.2) is 60.0 Å². The monoisotopic (exact) mass is 279 g/mol. The fourth-order valence-corrected chi connectivity index (χ4v) is 4.16. The number of hydrogen-bond donors (Lipinski definition) is 1. The summed E-state index contributed by atoms with van der Waals surface area (Å²) in [5.74, 6) is 1.03. The highest BCUT2D eigenvalue weighted by Crippen LogP contribution is 2.25. The Balaban J connectivity index is 1.64. The first-order valence-corrected chi connectivity index (χ1v) is 8.43. The average Bonchev–Trinajstić information content (AvgIpc) is 2.46. The number of nitrogens with one attached hydrogen (secondary N) is 1. The summed E-state index contributed by atoms with van der Waals surface area (Å²) < 4.78 is 0. The van der Waals surface area contributed by atoms with E-state index >= 15 is 0 Å². The molecule has 3 aliphatic rings. The van der Waals surface area contributed by atoms with Gasteiger partial charge >= 0.3 is 0 Å². The van der Waals surface area contributed by atoms with Gasteiger partial charge in [-0.2, -0.15) is 0 Å². The van der Waals surface area contributed by atoms with Crippen molar-refractivity contribution in [1.29, 1.82) is 0 Å². The van der Waals surface area contributed by atoms with Crippen LogP contribution in [0.15, 0.2) is 0 Å². The zero-order chi connectivity index (χ0) is 14.1. The topological polar surface area (TPSA) is 35.6 Å². The molecule has 0 aromatic carbocycles. The van der Waals surface area contributed by atoms with Gasteiger partial charge in [-0.25, -0.2) is 0 Å². The molecule has 1 N–H and O–H groups in total. The number of nitrogens with zero attached hydrogens (tertiary/aromatic N) is 2. The molecular weight excluding hydrogens is 250 g/mol. The maximum Gasteiger partial charge on any atom is 0.240 e. The van der Waals surface area contributed by atoms with E-state index in [0.717, 1.165) is 26.1 Å². The smallest absolute Gasteiger partial charge is 0.240 e. The molecule has 1 amide bonds. The van der Waals surface area contributed by atoms with Crippen LogP contribution in [0.3, 0.4) is 0 Å². The van der Waals surface area contributed by atoms with Crippen LogP contribution >= 0.6 is 0 Å². The Morgan fingerprint density at radius 1 is 1.15 bits per heavy atom. The molecule has 0 saturated carbocycles. The fraction of sp³-hybridized carbons (Fsp3) is 0.938. The summed E-state index contributed by atoms with van der Waals surface area (Å²) in [5.41, 5.74) is 0. The number of amides is 1. The Hall–Kier alpha value is -0.610. The van der Waals surface area contributed by atoms with E-state index in [2.05, 4.69) is 29.0 Å². The number of carbonyl (C=O) groups is 1. The van der Waals surface area contributed by atoms with Crippen molar-refractivity contribution in [2.75, 3.05) is 26.2 Å². The highest BCUT2D eigenvalue weighted by atomic mass is 16.2. The summed E-state index contributed by atoms with van der Waals surface area (Å²) in [6.07, 6.45) is 6.15. The lowest BCUT2D eigenvalue weighted by atomic mass is 9.92. The molecule has 0 aliphatic carbocycles. The average molecular weight is 279 g/mol. The van der Waals surface area contributed by atoms with Crippen LogP contribution in [0.5, 0.6) is 0 Å². The van der Waals surface area contributed by atoms with Crippen LogP contribution in [0.2, 0.25) is 0 Å². The molecule has 0 aromatic rings. The molecule has 3 heterocycles. The zero-order valence-corrected chi connectivity index (χ0v) is 13.0. The summed E-state index contributed by atoms with van der Waals surface area (Å²) in [6, 6.07) is 1.05. The van der Waals surface area contributed by atoms with E-state index in [-0.39, 0.29) is 6.04 Å². The van der Waals surface area contributed by atoms with Gasteiger partial charge in [0.2, 0.25) is 5.91 Å². The van der Waals surface area contributed by atoms with Gasteiger partial charge in [0, 0.05) is 25.2 Å². The molecule has 4 heteroatoms. The van der Waals surface area contributed by atoms with Crippen LogP contribution in [0, 0.1) is 5.92 Å². The van der Waals surface area contributed by atoms with Crippen LogP contribution in [-0.2, 0) is 4.79 Å². The summed E-state index contributed by atoms with van der Waals surface area (Å²) in [4.78, 5) is 17.6. The molecule has 114 valence electrons. The van der Waals surface area contributed by atoms with Crippen molar-refractivity contribution >= 4 is 5.91 Å². The normalized spacial score (nSPS) is 39.4. The number of fused-ring (bicyclic) bond motifs is 1. The molecule has 0 radical (unpaired) electrons. The standard InChI is InChI=1S/C16H29N3O/c1-12-6-7-17-15(9-12)16(20)19-11-14-5-3-4-8-18(14)10-13(19)2/h12-15,17H,3-11H2,1-2H3. The van der Waals surface area contributed by atoms with Gasteiger partial charge in [-0.05, 0) is 51.6 Å². The first kappa shape index (κ1) is 14.3. The Morgan fingerprint density at radius 3 is 2.80 bits per heavy atom. The molecule has 20 heavy (non-hydrogen) atoms.